The number of hydrogen-bond donors (Lipinski definition) is 1. The molecular formula is C21H19F3N2O7. The predicted octanol–water partition coefficient (Wildman–Crippen LogP) is 4.57. The predicted molar refractivity (Wildman–Crippen MR) is 107 cm³/mol. The summed E-state index contributed by atoms with van der Waals surface area (Å²) >= 11 is 0. The van der Waals surface area contributed by atoms with Gasteiger partial charge in [0.25, 0.3) is 5.69 Å². The molecule has 0 radical (unpaired) electrons. The van der Waals surface area contributed by atoms with Gasteiger partial charge in [0.05, 0.1) is 10.3 Å². The van der Waals surface area contributed by atoms with Crippen molar-refractivity contribution < 1.29 is 42.3 Å². The van der Waals surface area contributed by atoms with Crippen LogP contribution in [0.2, 0.25) is 0 Å². The molecule has 2 unspecified atom stereocenters. The Morgan fingerprint density at radius 3 is 2.21 bits per heavy atom. The SMILES string of the molecule is CC1(C(=O)O)CC(c2ccc(OC(F)(F)F)cc2)CN(C(=O)Oc2ccc([N+](=O)[O-])cc2)C1. The number of benzene rings is 2. The Morgan fingerprint density at radius 1 is 1.12 bits per heavy atom. The molecule has 1 saturated heterocycles. The number of carboxylic acid groups (broad SMARTS) is 1. The van der Waals surface area contributed by atoms with Gasteiger partial charge in [-0.2, -0.15) is 0 Å². The molecule has 2 aromatic rings. The monoisotopic (exact) mass is 468 g/mol. The number of nitro groups is 1. The van der Waals surface area contributed by atoms with Crippen LogP contribution in [0, 0.1) is 15.5 Å². The average molecular weight is 468 g/mol. The number of nitro benzene ring substituents is 1. The smallest absolute Gasteiger partial charge is 0.481 e. The van der Waals surface area contributed by atoms with Gasteiger partial charge in [-0.25, -0.2) is 4.79 Å². The third kappa shape index (κ3) is 5.90. The van der Waals surface area contributed by atoms with E-state index < -0.39 is 40.4 Å². The number of ether oxygens (including phenoxy) is 2. The third-order valence-corrected chi connectivity index (χ3v) is 5.29. The summed E-state index contributed by atoms with van der Waals surface area (Å²) in [4.78, 5) is 36.0. The van der Waals surface area contributed by atoms with E-state index >= 15 is 0 Å². The molecule has 1 heterocycles. The molecule has 2 aromatic carbocycles. The lowest BCUT2D eigenvalue weighted by Gasteiger charge is -2.41. The molecule has 33 heavy (non-hydrogen) atoms. The van der Waals surface area contributed by atoms with Crippen LogP contribution in [0.3, 0.4) is 0 Å². The fraction of sp³-hybridized carbons (Fsp3) is 0.333. The fourth-order valence-electron chi connectivity index (χ4n) is 3.68. The number of aliphatic carboxylic acids is 1. The molecule has 0 aliphatic carbocycles. The first kappa shape index (κ1) is 23.8. The van der Waals surface area contributed by atoms with Crippen molar-refractivity contribution in [2.75, 3.05) is 13.1 Å². The van der Waals surface area contributed by atoms with E-state index in [9.17, 15) is 38.0 Å². The molecular weight excluding hydrogens is 449 g/mol. The van der Waals surface area contributed by atoms with E-state index in [0.717, 1.165) is 24.3 Å². The van der Waals surface area contributed by atoms with Gasteiger partial charge in [-0.1, -0.05) is 12.1 Å². The number of amides is 1. The summed E-state index contributed by atoms with van der Waals surface area (Å²) in [7, 11) is 0. The number of carbonyl (C=O) groups excluding carboxylic acids is 1. The molecule has 1 aliphatic heterocycles. The molecule has 1 amide bonds. The first-order valence-corrected chi connectivity index (χ1v) is 9.67. The Balaban J connectivity index is 1.78. The lowest BCUT2D eigenvalue weighted by Crippen LogP contribution is -2.51. The van der Waals surface area contributed by atoms with Crippen LogP contribution in [0.1, 0.15) is 24.8 Å². The Labute approximate surface area is 185 Å². The van der Waals surface area contributed by atoms with E-state index in [4.69, 9.17) is 4.74 Å². The maximum Gasteiger partial charge on any atom is 0.573 e. The number of hydrogen-bond acceptors (Lipinski definition) is 6. The van der Waals surface area contributed by atoms with Crippen molar-refractivity contribution >= 4 is 17.7 Å². The lowest BCUT2D eigenvalue weighted by atomic mass is 9.74. The van der Waals surface area contributed by atoms with E-state index in [1.54, 1.807) is 0 Å². The highest BCUT2D eigenvalue weighted by Gasteiger charge is 2.44. The summed E-state index contributed by atoms with van der Waals surface area (Å²) < 4.78 is 46.3. The summed E-state index contributed by atoms with van der Waals surface area (Å²) in [6.07, 6.45) is -5.55. The van der Waals surface area contributed by atoms with Crippen LogP contribution in [-0.2, 0) is 4.79 Å². The van der Waals surface area contributed by atoms with Crippen molar-refractivity contribution in [1.29, 1.82) is 0 Å². The van der Waals surface area contributed by atoms with Gasteiger partial charge in [0, 0.05) is 31.1 Å². The molecule has 1 N–H and O–H groups in total. The Bertz CT molecular complexity index is 1040. The first-order chi connectivity index (χ1) is 15.4. The van der Waals surface area contributed by atoms with E-state index in [-0.39, 0.29) is 30.9 Å². The normalized spacial score (nSPS) is 20.7. The standard InChI is InChI=1S/C21H19F3N2O7/c1-20(18(27)28)10-14(13-2-6-17(7-3-13)33-21(22,23)24)11-25(12-20)19(29)32-16-8-4-15(5-9-16)26(30)31/h2-9,14H,10-12H2,1H3,(H,27,28). The second kappa shape index (κ2) is 8.96. The van der Waals surface area contributed by atoms with Crippen LogP contribution in [0.5, 0.6) is 11.5 Å². The van der Waals surface area contributed by atoms with Crippen LogP contribution in [0.25, 0.3) is 0 Å². The van der Waals surface area contributed by atoms with Gasteiger partial charge in [0.2, 0.25) is 0 Å². The zero-order valence-electron chi connectivity index (χ0n) is 17.2. The highest BCUT2D eigenvalue weighted by molar-refractivity contribution is 5.77. The van der Waals surface area contributed by atoms with Crippen molar-refractivity contribution in [3.63, 3.8) is 0 Å². The summed E-state index contributed by atoms with van der Waals surface area (Å²) in [6.45, 7) is 1.38. The zero-order valence-corrected chi connectivity index (χ0v) is 17.2. The number of carboxylic acids is 1. The number of carbonyl (C=O) groups is 2. The zero-order chi connectivity index (χ0) is 24.4. The Kier molecular flexibility index (Phi) is 6.47. The number of likely N-dealkylation sites (tertiary alicyclic amines) is 1. The molecule has 176 valence electrons. The largest absolute Gasteiger partial charge is 0.573 e. The molecule has 0 aromatic heterocycles. The molecule has 0 bridgehead atoms. The van der Waals surface area contributed by atoms with Crippen molar-refractivity contribution in [1.82, 2.24) is 4.90 Å². The van der Waals surface area contributed by atoms with E-state index in [1.165, 1.54) is 36.1 Å². The molecule has 12 heteroatoms. The number of rotatable bonds is 5. The van der Waals surface area contributed by atoms with Crippen molar-refractivity contribution in [3.8, 4) is 11.5 Å². The topological polar surface area (TPSA) is 119 Å². The van der Waals surface area contributed by atoms with Crippen LogP contribution in [0.4, 0.5) is 23.7 Å². The molecule has 0 spiro atoms. The summed E-state index contributed by atoms with van der Waals surface area (Å²) in [5, 5.41) is 20.5. The van der Waals surface area contributed by atoms with Crippen LogP contribution in [0.15, 0.2) is 48.5 Å². The Hall–Kier alpha value is -3.83. The molecule has 2 atom stereocenters. The summed E-state index contributed by atoms with van der Waals surface area (Å²) in [5.41, 5.74) is -0.993. The van der Waals surface area contributed by atoms with Gasteiger partial charge < -0.3 is 19.5 Å². The minimum atomic E-state index is -4.84. The quantitative estimate of drug-likeness (QED) is 0.504. The highest BCUT2D eigenvalue weighted by atomic mass is 19.4. The third-order valence-electron chi connectivity index (χ3n) is 5.29. The van der Waals surface area contributed by atoms with Crippen molar-refractivity contribution in [2.45, 2.75) is 25.6 Å². The van der Waals surface area contributed by atoms with Gasteiger partial charge in [-0.05, 0) is 43.2 Å². The summed E-state index contributed by atoms with van der Waals surface area (Å²) in [5.74, 6) is -2.02. The number of non-ortho nitro benzene ring substituents is 1. The molecule has 3 rings (SSSR count). The maximum atomic E-state index is 12.7. The summed E-state index contributed by atoms with van der Waals surface area (Å²) in [6, 6.07) is 9.82. The van der Waals surface area contributed by atoms with Crippen LogP contribution >= 0.6 is 0 Å². The Morgan fingerprint density at radius 2 is 1.70 bits per heavy atom. The highest BCUT2D eigenvalue weighted by Crippen LogP contribution is 2.39. The van der Waals surface area contributed by atoms with E-state index in [2.05, 4.69) is 4.74 Å². The molecule has 0 saturated carbocycles. The molecule has 1 fully saturated rings. The minimum Gasteiger partial charge on any atom is -0.481 e. The number of nitrogens with zero attached hydrogens (tertiary/aromatic N) is 2. The second-order valence-corrected chi connectivity index (χ2v) is 7.88. The van der Waals surface area contributed by atoms with E-state index in [1.807, 2.05) is 0 Å². The molecule has 9 nitrogen and oxygen atoms in total. The van der Waals surface area contributed by atoms with Crippen LogP contribution < -0.4 is 9.47 Å². The van der Waals surface area contributed by atoms with Crippen molar-refractivity contribution in [2.24, 2.45) is 5.41 Å². The van der Waals surface area contributed by atoms with Gasteiger partial charge in [0.1, 0.15) is 11.5 Å². The average Bonchev–Trinajstić information content (AvgIpc) is 2.73. The van der Waals surface area contributed by atoms with Gasteiger partial charge >= 0.3 is 18.4 Å². The second-order valence-electron chi connectivity index (χ2n) is 7.88. The van der Waals surface area contributed by atoms with Crippen molar-refractivity contribution in [3.05, 3.63) is 64.2 Å². The molecule has 1 aliphatic rings. The number of alkyl halides is 3. The minimum absolute atomic E-state index is 0.0402. The van der Waals surface area contributed by atoms with E-state index in [0.29, 0.717) is 5.56 Å². The number of halogens is 3. The van der Waals surface area contributed by atoms with Gasteiger partial charge in [-0.15, -0.1) is 13.2 Å². The van der Waals surface area contributed by atoms with Gasteiger partial charge in [0.15, 0.2) is 0 Å². The first-order valence-electron chi connectivity index (χ1n) is 9.67. The fourth-order valence-corrected chi connectivity index (χ4v) is 3.68. The number of piperidine rings is 1. The maximum absolute atomic E-state index is 12.7. The van der Waals surface area contributed by atoms with Gasteiger partial charge in [-0.3, -0.25) is 14.9 Å². The van der Waals surface area contributed by atoms with Crippen LogP contribution in [-0.4, -0.2) is 46.4 Å². The lowest BCUT2D eigenvalue weighted by molar-refractivity contribution is -0.384.